The first-order valence-corrected chi connectivity index (χ1v) is 10.6. The molecular formula is C17H18N2O2Si. The third-order valence-electron chi connectivity index (χ3n) is 4.09. The number of fused-ring (bicyclic) bond motifs is 2. The second-order valence-electron chi connectivity index (χ2n) is 6.63. The SMILES string of the molecule is C[Si](C)(C)c1ccc2c(c1N)C(=O)c1c(N)cccc1C2=O. The monoisotopic (exact) mass is 310 g/mol. The van der Waals surface area contributed by atoms with Crippen molar-refractivity contribution in [1.29, 1.82) is 0 Å². The van der Waals surface area contributed by atoms with Gasteiger partial charge in [-0.25, -0.2) is 0 Å². The predicted molar refractivity (Wildman–Crippen MR) is 91.6 cm³/mol. The van der Waals surface area contributed by atoms with Crippen LogP contribution >= 0.6 is 0 Å². The van der Waals surface area contributed by atoms with Crippen molar-refractivity contribution in [3.8, 4) is 0 Å². The Kier molecular flexibility index (Phi) is 3.00. The summed E-state index contributed by atoms with van der Waals surface area (Å²) >= 11 is 0. The molecule has 0 saturated heterocycles. The van der Waals surface area contributed by atoms with Gasteiger partial charge in [0.25, 0.3) is 0 Å². The molecule has 0 heterocycles. The van der Waals surface area contributed by atoms with E-state index >= 15 is 0 Å². The van der Waals surface area contributed by atoms with Gasteiger partial charge in [0.2, 0.25) is 0 Å². The van der Waals surface area contributed by atoms with Gasteiger partial charge in [-0.15, -0.1) is 0 Å². The molecule has 22 heavy (non-hydrogen) atoms. The average molecular weight is 310 g/mol. The summed E-state index contributed by atoms with van der Waals surface area (Å²) in [5, 5.41) is 0.991. The lowest BCUT2D eigenvalue weighted by molar-refractivity contribution is 0.0980. The highest BCUT2D eigenvalue weighted by atomic mass is 28.3. The molecule has 4 nitrogen and oxygen atoms in total. The molecule has 0 unspecified atom stereocenters. The minimum atomic E-state index is -1.71. The van der Waals surface area contributed by atoms with Crippen LogP contribution in [0.3, 0.4) is 0 Å². The maximum Gasteiger partial charge on any atom is 0.198 e. The molecule has 1 aliphatic rings. The number of hydrogen-bond donors (Lipinski definition) is 2. The average Bonchev–Trinajstić information content (AvgIpc) is 2.42. The first-order valence-electron chi connectivity index (χ1n) is 7.14. The Morgan fingerprint density at radius 2 is 1.45 bits per heavy atom. The molecule has 0 fully saturated rings. The summed E-state index contributed by atoms with van der Waals surface area (Å²) in [6.45, 7) is 6.47. The van der Waals surface area contributed by atoms with Crippen LogP contribution in [0.15, 0.2) is 30.3 Å². The van der Waals surface area contributed by atoms with Crippen molar-refractivity contribution in [2.24, 2.45) is 0 Å². The van der Waals surface area contributed by atoms with E-state index in [1.807, 2.05) is 6.07 Å². The summed E-state index contributed by atoms with van der Waals surface area (Å²) in [6, 6.07) is 8.57. The summed E-state index contributed by atoms with van der Waals surface area (Å²) in [4.78, 5) is 25.5. The highest BCUT2D eigenvalue weighted by Gasteiger charge is 2.35. The van der Waals surface area contributed by atoms with Gasteiger partial charge in [-0.3, -0.25) is 9.59 Å². The quantitative estimate of drug-likeness (QED) is 0.533. The number of nitrogen functional groups attached to an aromatic ring is 2. The second-order valence-corrected chi connectivity index (χ2v) is 11.7. The lowest BCUT2D eigenvalue weighted by atomic mass is 9.82. The van der Waals surface area contributed by atoms with E-state index < -0.39 is 8.07 Å². The molecule has 0 aromatic heterocycles. The number of carbonyl (C=O) groups is 2. The molecule has 0 saturated carbocycles. The molecule has 0 radical (unpaired) electrons. The topological polar surface area (TPSA) is 86.2 Å². The summed E-state index contributed by atoms with van der Waals surface area (Å²) in [5.41, 5.74) is 14.3. The Balaban J connectivity index is 2.34. The number of ketones is 2. The maximum absolute atomic E-state index is 12.9. The molecule has 0 aliphatic heterocycles. The smallest absolute Gasteiger partial charge is 0.198 e. The Morgan fingerprint density at radius 3 is 2.09 bits per heavy atom. The zero-order valence-electron chi connectivity index (χ0n) is 12.9. The van der Waals surface area contributed by atoms with E-state index in [9.17, 15) is 9.59 Å². The van der Waals surface area contributed by atoms with Crippen LogP contribution in [0.1, 0.15) is 31.8 Å². The zero-order chi connectivity index (χ0) is 16.2. The van der Waals surface area contributed by atoms with Crippen LogP contribution in [-0.4, -0.2) is 19.6 Å². The summed E-state index contributed by atoms with van der Waals surface area (Å²) < 4.78 is 0. The highest BCUT2D eigenvalue weighted by molar-refractivity contribution is 6.89. The fourth-order valence-electron chi connectivity index (χ4n) is 2.99. The van der Waals surface area contributed by atoms with E-state index in [2.05, 4.69) is 19.6 Å². The van der Waals surface area contributed by atoms with Crippen LogP contribution in [0, 0.1) is 0 Å². The van der Waals surface area contributed by atoms with Crippen LogP contribution in [0.4, 0.5) is 11.4 Å². The largest absolute Gasteiger partial charge is 0.398 e. The Hall–Kier alpha value is -2.40. The molecule has 0 atom stereocenters. The highest BCUT2D eigenvalue weighted by Crippen LogP contribution is 2.33. The molecule has 2 aromatic carbocycles. The van der Waals surface area contributed by atoms with Crippen LogP contribution in [0.25, 0.3) is 0 Å². The number of benzene rings is 2. The summed E-state index contributed by atoms with van der Waals surface area (Å²) in [7, 11) is -1.71. The first kappa shape index (κ1) is 14.5. The van der Waals surface area contributed by atoms with Gasteiger partial charge in [-0.05, 0) is 11.3 Å². The molecule has 0 bridgehead atoms. The lowest BCUT2D eigenvalue weighted by Gasteiger charge is -2.25. The standard InChI is InChI=1S/C17H18N2O2Si/c1-22(2,3)12-8-7-10-14(15(12)19)17(21)13-9(16(10)20)5-4-6-11(13)18/h4-8H,18-19H2,1-3H3. The molecule has 5 heteroatoms. The fourth-order valence-corrected chi connectivity index (χ4v) is 4.51. The van der Waals surface area contributed by atoms with Gasteiger partial charge in [0.05, 0.1) is 19.2 Å². The number of anilines is 2. The minimum Gasteiger partial charge on any atom is -0.398 e. The van der Waals surface area contributed by atoms with Crippen molar-refractivity contribution in [1.82, 2.24) is 0 Å². The number of nitrogens with two attached hydrogens (primary N) is 2. The van der Waals surface area contributed by atoms with Crippen molar-refractivity contribution in [2.75, 3.05) is 11.5 Å². The normalized spacial score (nSPS) is 13.8. The number of rotatable bonds is 1. The summed E-state index contributed by atoms with van der Waals surface area (Å²) in [5.74, 6) is -0.439. The molecular weight excluding hydrogens is 292 g/mol. The van der Waals surface area contributed by atoms with E-state index in [1.54, 1.807) is 24.3 Å². The van der Waals surface area contributed by atoms with Crippen molar-refractivity contribution >= 4 is 36.2 Å². The van der Waals surface area contributed by atoms with E-state index in [1.165, 1.54) is 0 Å². The van der Waals surface area contributed by atoms with Crippen molar-refractivity contribution < 1.29 is 9.59 Å². The molecule has 2 aromatic rings. The maximum atomic E-state index is 12.9. The molecule has 112 valence electrons. The minimum absolute atomic E-state index is 0.189. The lowest BCUT2D eigenvalue weighted by Crippen LogP contribution is -2.41. The fraction of sp³-hybridized carbons (Fsp3) is 0.176. The van der Waals surface area contributed by atoms with Gasteiger partial charge < -0.3 is 11.5 Å². The molecule has 4 N–H and O–H groups in total. The van der Waals surface area contributed by atoms with Crippen molar-refractivity contribution in [3.63, 3.8) is 0 Å². The Bertz CT molecular complexity index is 835. The van der Waals surface area contributed by atoms with Crippen LogP contribution in [0.5, 0.6) is 0 Å². The third-order valence-corrected chi connectivity index (χ3v) is 6.15. The van der Waals surface area contributed by atoms with Gasteiger partial charge in [0, 0.05) is 22.5 Å². The zero-order valence-corrected chi connectivity index (χ0v) is 13.9. The van der Waals surface area contributed by atoms with E-state index in [4.69, 9.17) is 11.5 Å². The van der Waals surface area contributed by atoms with Gasteiger partial charge in [-0.2, -0.15) is 0 Å². The number of hydrogen-bond acceptors (Lipinski definition) is 4. The third kappa shape index (κ3) is 1.89. The number of carbonyl (C=O) groups excluding carboxylic acids is 2. The molecule has 0 spiro atoms. The predicted octanol–water partition coefficient (Wildman–Crippen LogP) is 2.17. The van der Waals surface area contributed by atoms with E-state index in [0.717, 1.165) is 5.19 Å². The van der Waals surface area contributed by atoms with E-state index in [-0.39, 0.29) is 17.1 Å². The van der Waals surface area contributed by atoms with Crippen LogP contribution in [0.2, 0.25) is 19.6 Å². The second kappa shape index (κ2) is 4.54. The van der Waals surface area contributed by atoms with Crippen LogP contribution < -0.4 is 16.7 Å². The molecule has 3 rings (SSSR count). The van der Waals surface area contributed by atoms with Crippen molar-refractivity contribution in [3.05, 3.63) is 52.6 Å². The molecule has 1 aliphatic carbocycles. The molecule has 0 amide bonds. The van der Waals surface area contributed by atoms with Gasteiger partial charge in [-0.1, -0.05) is 43.9 Å². The van der Waals surface area contributed by atoms with Gasteiger partial charge in [0.1, 0.15) is 0 Å². The Morgan fingerprint density at radius 1 is 0.818 bits per heavy atom. The van der Waals surface area contributed by atoms with Crippen LogP contribution in [-0.2, 0) is 0 Å². The van der Waals surface area contributed by atoms with Gasteiger partial charge in [0.15, 0.2) is 11.6 Å². The van der Waals surface area contributed by atoms with Crippen molar-refractivity contribution in [2.45, 2.75) is 19.6 Å². The van der Waals surface area contributed by atoms with E-state index in [0.29, 0.717) is 28.1 Å². The summed E-state index contributed by atoms with van der Waals surface area (Å²) in [6.07, 6.45) is 0. The Labute approximate surface area is 130 Å². The first-order chi connectivity index (χ1) is 10.2. The van der Waals surface area contributed by atoms with Gasteiger partial charge >= 0.3 is 0 Å².